The Morgan fingerprint density at radius 1 is 1.25 bits per heavy atom. The Labute approximate surface area is 125 Å². The SMILES string of the molecule is Cc1csc(CC(CNC2CC2)Cc2ccccc2)n1. The number of hydrogen-bond acceptors (Lipinski definition) is 3. The van der Waals surface area contributed by atoms with Crippen molar-refractivity contribution in [3.8, 4) is 0 Å². The smallest absolute Gasteiger partial charge is 0.0931 e. The molecule has 0 aliphatic heterocycles. The molecule has 2 aromatic rings. The number of benzene rings is 1. The van der Waals surface area contributed by atoms with Crippen LogP contribution in [0, 0.1) is 12.8 Å². The predicted molar refractivity (Wildman–Crippen MR) is 85.2 cm³/mol. The highest BCUT2D eigenvalue weighted by Crippen LogP contribution is 2.21. The molecule has 0 amide bonds. The van der Waals surface area contributed by atoms with Gasteiger partial charge in [0.1, 0.15) is 0 Å². The fraction of sp³-hybridized carbons (Fsp3) is 0.471. The highest BCUT2D eigenvalue weighted by atomic mass is 32.1. The zero-order valence-electron chi connectivity index (χ0n) is 12.0. The van der Waals surface area contributed by atoms with E-state index < -0.39 is 0 Å². The van der Waals surface area contributed by atoms with Gasteiger partial charge in [-0.25, -0.2) is 4.98 Å². The number of aryl methyl sites for hydroxylation is 1. The van der Waals surface area contributed by atoms with Crippen LogP contribution in [0.5, 0.6) is 0 Å². The first-order valence-corrected chi connectivity index (χ1v) is 8.36. The molecule has 1 aliphatic carbocycles. The summed E-state index contributed by atoms with van der Waals surface area (Å²) in [6.07, 6.45) is 4.94. The molecule has 3 heteroatoms. The van der Waals surface area contributed by atoms with E-state index in [2.05, 4.69) is 52.9 Å². The molecule has 1 saturated carbocycles. The van der Waals surface area contributed by atoms with Crippen molar-refractivity contribution in [2.45, 2.75) is 38.6 Å². The molecule has 0 radical (unpaired) electrons. The van der Waals surface area contributed by atoms with Gasteiger partial charge in [-0.15, -0.1) is 11.3 Å². The first kappa shape index (κ1) is 13.8. The van der Waals surface area contributed by atoms with Gasteiger partial charge in [-0.05, 0) is 44.2 Å². The lowest BCUT2D eigenvalue weighted by molar-refractivity contribution is 0.468. The van der Waals surface area contributed by atoms with Gasteiger partial charge in [-0.3, -0.25) is 0 Å². The number of aromatic nitrogens is 1. The number of nitrogens with zero attached hydrogens (tertiary/aromatic N) is 1. The Kier molecular flexibility index (Phi) is 4.48. The maximum atomic E-state index is 4.63. The van der Waals surface area contributed by atoms with Crippen molar-refractivity contribution in [2.75, 3.05) is 6.54 Å². The molecule has 1 aromatic carbocycles. The normalized spacial score (nSPS) is 16.2. The van der Waals surface area contributed by atoms with Gasteiger partial charge in [0.05, 0.1) is 5.01 Å². The summed E-state index contributed by atoms with van der Waals surface area (Å²) in [5, 5.41) is 7.12. The van der Waals surface area contributed by atoms with Crippen LogP contribution in [0.2, 0.25) is 0 Å². The molecular weight excluding hydrogens is 264 g/mol. The van der Waals surface area contributed by atoms with Gasteiger partial charge in [0.2, 0.25) is 0 Å². The van der Waals surface area contributed by atoms with Crippen LogP contribution in [0.1, 0.15) is 29.1 Å². The van der Waals surface area contributed by atoms with Crippen LogP contribution in [0.3, 0.4) is 0 Å². The monoisotopic (exact) mass is 286 g/mol. The summed E-state index contributed by atoms with van der Waals surface area (Å²) in [5.74, 6) is 0.642. The quantitative estimate of drug-likeness (QED) is 0.841. The van der Waals surface area contributed by atoms with Crippen molar-refractivity contribution in [3.63, 3.8) is 0 Å². The molecule has 106 valence electrons. The largest absolute Gasteiger partial charge is 0.314 e. The average Bonchev–Trinajstić information content (AvgIpc) is 3.20. The standard InChI is InChI=1S/C17H22N2S/c1-13-12-20-17(19-13)10-15(11-18-16-7-8-16)9-14-5-3-2-4-6-14/h2-6,12,15-16,18H,7-11H2,1H3. The number of thiazole rings is 1. The van der Waals surface area contributed by atoms with E-state index in [1.54, 1.807) is 11.3 Å². The topological polar surface area (TPSA) is 24.9 Å². The maximum Gasteiger partial charge on any atom is 0.0931 e. The van der Waals surface area contributed by atoms with E-state index in [9.17, 15) is 0 Å². The third kappa shape index (κ3) is 4.15. The van der Waals surface area contributed by atoms with Crippen LogP contribution in [-0.4, -0.2) is 17.6 Å². The lowest BCUT2D eigenvalue weighted by Gasteiger charge is -2.16. The van der Waals surface area contributed by atoms with Crippen LogP contribution in [0.4, 0.5) is 0 Å². The molecular formula is C17H22N2S. The molecule has 0 spiro atoms. The molecule has 1 heterocycles. The van der Waals surface area contributed by atoms with Gasteiger partial charge in [0.25, 0.3) is 0 Å². The zero-order valence-corrected chi connectivity index (χ0v) is 12.8. The third-order valence-electron chi connectivity index (χ3n) is 3.77. The molecule has 0 bridgehead atoms. The van der Waals surface area contributed by atoms with Crippen molar-refractivity contribution in [2.24, 2.45) is 5.92 Å². The first-order chi connectivity index (χ1) is 9.79. The minimum atomic E-state index is 0.642. The highest BCUT2D eigenvalue weighted by Gasteiger charge is 2.22. The molecule has 1 N–H and O–H groups in total. The maximum absolute atomic E-state index is 4.63. The summed E-state index contributed by atoms with van der Waals surface area (Å²) in [6.45, 7) is 3.19. The van der Waals surface area contributed by atoms with Crippen LogP contribution >= 0.6 is 11.3 Å². The van der Waals surface area contributed by atoms with E-state index in [4.69, 9.17) is 0 Å². The second kappa shape index (κ2) is 6.51. The Hall–Kier alpha value is -1.19. The van der Waals surface area contributed by atoms with Gasteiger partial charge in [0.15, 0.2) is 0 Å². The van der Waals surface area contributed by atoms with E-state index in [1.807, 2.05) is 0 Å². The van der Waals surface area contributed by atoms with Crippen molar-refractivity contribution in [1.29, 1.82) is 0 Å². The molecule has 1 unspecified atom stereocenters. The zero-order chi connectivity index (χ0) is 13.8. The number of nitrogens with one attached hydrogen (secondary N) is 1. The molecule has 1 aromatic heterocycles. The summed E-state index contributed by atoms with van der Waals surface area (Å²) in [6, 6.07) is 11.6. The lowest BCUT2D eigenvalue weighted by atomic mass is 9.96. The van der Waals surface area contributed by atoms with Gasteiger partial charge in [0, 0.05) is 23.5 Å². The summed E-state index contributed by atoms with van der Waals surface area (Å²) >= 11 is 1.80. The number of hydrogen-bond donors (Lipinski definition) is 1. The predicted octanol–water partition coefficient (Wildman–Crippen LogP) is 3.60. The molecule has 1 atom stereocenters. The minimum Gasteiger partial charge on any atom is -0.314 e. The van der Waals surface area contributed by atoms with Gasteiger partial charge >= 0.3 is 0 Å². The molecule has 1 aliphatic rings. The number of rotatable bonds is 7. The fourth-order valence-corrected chi connectivity index (χ4v) is 3.42. The van der Waals surface area contributed by atoms with Crippen LogP contribution in [0.15, 0.2) is 35.7 Å². The fourth-order valence-electron chi connectivity index (χ4n) is 2.53. The van der Waals surface area contributed by atoms with Gasteiger partial charge in [-0.2, -0.15) is 0 Å². The molecule has 20 heavy (non-hydrogen) atoms. The van der Waals surface area contributed by atoms with E-state index in [1.165, 1.54) is 23.4 Å². The van der Waals surface area contributed by atoms with Crippen molar-refractivity contribution in [1.82, 2.24) is 10.3 Å². The van der Waals surface area contributed by atoms with Gasteiger partial charge < -0.3 is 5.32 Å². The highest BCUT2D eigenvalue weighted by molar-refractivity contribution is 7.09. The second-order valence-corrected chi connectivity index (χ2v) is 6.77. The van der Waals surface area contributed by atoms with Crippen LogP contribution < -0.4 is 5.32 Å². The van der Waals surface area contributed by atoms with Crippen LogP contribution in [-0.2, 0) is 12.8 Å². The summed E-state index contributed by atoms with van der Waals surface area (Å²) in [7, 11) is 0. The Morgan fingerprint density at radius 2 is 2.05 bits per heavy atom. The summed E-state index contributed by atoms with van der Waals surface area (Å²) in [4.78, 5) is 4.63. The van der Waals surface area contributed by atoms with E-state index in [-0.39, 0.29) is 0 Å². The van der Waals surface area contributed by atoms with Crippen molar-refractivity contribution in [3.05, 3.63) is 52.0 Å². The van der Waals surface area contributed by atoms with E-state index >= 15 is 0 Å². The summed E-state index contributed by atoms with van der Waals surface area (Å²) < 4.78 is 0. The average molecular weight is 286 g/mol. The molecule has 0 saturated heterocycles. The lowest BCUT2D eigenvalue weighted by Crippen LogP contribution is -2.27. The Morgan fingerprint density at radius 3 is 2.70 bits per heavy atom. The molecule has 3 rings (SSSR count). The van der Waals surface area contributed by atoms with Crippen molar-refractivity contribution >= 4 is 11.3 Å². The Balaban J connectivity index is 1.62. The van der Waals surface area contributed by atoms with Crippen LogP contribution in [0.25, 0.3) is 0 Å². The van der Waals surface area contributed by atoms with Crippen molar-refractivity contribution < 1.29 is 0 Å². The third-order valence-corrected chi connectivity index (χ3v) is 4.76. The second-order valence-electron chi connectivity index (χ2n) is 5.83. The Bertz CT molecular complexity index is 531. The molecule has 2 nitrogen and oxygen atoms in total. The summed E-state index contributed by atoms with van der Waals surface area (Å²) in [5.41, 5.74) is 2.59. The van der Waals surface area contributed by atoms with E-state index in [0.717, 1.165) is 31.1 Å². The molecule has 1 fully saturated rings. The minimum absolute atomic E-state index is 0.642. The van der Waals surface area contributed by atoms with Gasteiger partial charge in [-0.1, -0.05) is 30.3 Å². The first-order valence-electron chi connectivity index (χ1n) is 7.48. The van der Waals surface area contributed by atoms with E-state index in [0.29, 0.717) is 5.92 Å².